The first-order valence-electron chi connectivity index (χ1n) is 22.9. The molecule has 12 nitrogen and oxygen atoms in total. The minimum absolute atomic E-state index is 0.105. The van der Waals surface area contributed by atoms with Gasteiger partial charge in [-0.25, -0.2) is 0 Å². The number of fused-ring (bicyclic) bond motifs is 5. The van der Waals surface area contributed by atoms with Crippen molar-refractivity contribution in [3.05, 3.63) is 161 Å². The molecule has 0 saturated carbocycles. The van der Waals surface area contributed by atoms with Crippen LogP contribution >= 0.6 is 0 Å². The molecule has 3 aliphatic rings. The number of aliphatic hydroxyl groups excluding tert-OH is 1. The van der Waals surface area contributed by atoms with Crippen LogP contribution in [0.2, 0.25) is 18.6 Å². The van der Waals surface area contributed by atoms with Gasteiger partial charge in [-0.3, -0.25) is 19.2 Å². The molecule has 0 bridgehead atoms. The Morgan fingerprint density at radius 3 is 2.01 bits per heavy atom. The Morgan fingerprint density at radius 1 is 0.806 bits per heavy atom. The molecule has 4 amide bonds. The third-order valence-electron chi connectivity index (χ3n) is 14.1. The van der Waals surface area contributed by atoms with Crippen LogP contribution < -0.4 is 15.5 Å². The van der Waals surface area contributed by atoms with Crippen LogP contribution in [0.4, 0.5) is 21.2 Å². The van der Waals surface area contributed by atoms with Gasteiger partial charge in [-0.2, -0.15) is 0 Å². The van der Waals surface area contributed by atoms with Crippen molar-refractivity contribution < 1.29 is 33.1 Å². The lowest BCUT2D eigenvalue weighted by Gasteiger charge is -2.37. The van der Waals surface area contributed by atoms with Crippen molar-refractivity contribution in [3.63, 3.8) is 0 Å². The molecule has 1 saturated heterocycles. The van der Waals surface area contributed by atoms with Crippen molar-refractivity contribution in [2.45, 2.75) is 82.1 Å². The number of nitrogens with zero attached hydrogens (tertiary/aromatic N) is 2. The van der Waals surface area contributed by atoms with Gasteiger partial charge in [-0.1, -0.05) is 79.7 Å². The lowest BCUT2D eigenvalue weighted by Crippen LogP contribution is -2.48. The molecule has 1 spiro atoms. The van der Waals surface area contributed by atoms with Crippen LogP contribution in [0, 0.1) is 5.92 Å². The summed E-state index contributed by atoms with van der Waals surface area (Å²) in [5, 5.41) is 18.4. The quantitative estimate of drug-likeness (QED) is 0.0610. The highest BCUT2D eigenvalue weighted by Gasteiger charge is 2.67. The highest BCUT2D eigenvalue weighted by molar-refractivity contribution is 6.72. The van der Waals surface area contributed by atoms with E-state index in [1.54, 1.807) is 53.2 Å². The third kappa shape index (κ3) is 8.12. The van der Waals surface area contributed by atoms with E-state index >= 15 is 8.90 Å². The van der Waals surface area contributed by atoms with E-state index in [2.05, 4.69) is 20.6 Å². The molecule has 5 heterocycles. The Bertz CT molecular complexity index is 3050. The number of aromatic amines is 2. The predicted octanol–water partition coefficient (Wildman–Crippen LogP) is 8.67. The van der Waals surface area contributed by atoms with E-state index in [4.69, 9.17) is 4.74 Å². The summed E-state index contributed by atoms with van der Waals surface area (Å²) in [6.07, 6.45) is 3.34. The van der Waals surface area contributed by atoms with E-state index in [1.807, 2.05) is 104 Å². The number of aliphatic hydroxyl groups is 1. The maximum absolute atomic E-state index is 16.9. The number of rotatable bonds is 12. The summed E-state index contributed by atoms with van der Waals surface area (Å²) in [6.45, 7) is 5.25. The highest BCUT2D eigenvalue weighted by atomic mass is 28.4. The standard InChI is InChI=1S/C53H53FN6O6Si/c1-32-51(67(2,3)54)47(26-50(64)59-30-35-11-5-4-10-34(35)22-40(59)31-61)66-53(32)43-25-39(58-49(63)24-37-28-56-45-15-9-7-13-42(37)45)20-21-46(43)60(52(53)65)29-33-16-18-38(19-17-33)57-48(62)23-36-27-55-44-14-8-6-12-41(36)44/h4-21,25,27-28,32,40,47,51,55-56,61H,22-24,26,29-31H2,1-3H3,(H,57,62)(H,58,63)/t32-,40-,47+,51-,53+/m0/s1. The monoisotopic (exact) mass is 916 g/mol. The van der Waals surface area contributed by atoms with E-state index < -0.39 is 37.6 Å². The molecule has 5 N–H and O–H groups in total. The fraction of sp³-hybridized carbons (Fsp3) is 0.283. The molecule has 2 aromatic heterocycles. The zero-order chi connectivity index (χ0) is 46.6. The molecule has 14 heteroatoms. The minimum Gasteiger partial charge on any atom is -0.394 e. The lowest BCUT2D eigenvalue weighted by atomic mass is 9.82. The number of carbonyl (C=O) groups excluding carboxylic acids is 4. The highest BCUT2D eigenvalue weighted by Crippen LogP contribution is 2.61. The molecule has 0 unspecified atom stereocenters. The van der Waals surface area contributed by atoms with Crippen molar-refractivity contribution in [3.8, 4) is 0 Å². The zero-order valence-electron chi connectivity index (χ0n) is 37.6. The van der Waals surface area contributed by atoms with Gasteiger partial charge in [0.2, 0.25) is 26.1 Å². The van der Waals surface area contributed by atoms with Crippen LogP contribution in [0.5, 0.6) is 0 Å². The molecule has 5 aromatic carbocycles. The number of carbonyl (C=O) groups is 4. The maximum Gasteiger partial charge on any atom is 0.264 e. The van der Waals surface area contributed by atoms with Gasteiger partial charge in [-0.15, -0.1) is 0 Å². The van der Waals surface area contributed by atoms with Crippen molar-refractivity contribution in [2.24, 2.45) is 5.92 Å². The van der Waals surface area contributed by atoms with Crippen LogP contribution in [-0.2, 0) is 61.9 Å². The molecular weight excluding hydrogens is 864 g/mol. The predicted molar refractivity (Wildman–Crippen MR) is 260 cm³/mol. The Hall–Kier alpha value is -6.87. The first kappa shape index (κ1) is 44.0. The van der Waals surface area contributed by atoms with Crippen molar-refractivity contribution in [2.75, 3.05) is 22.1 Å². The Kier molecular flexibility index (Phi) is 11.4. The Morgan fingerprint density at radius 2 is 1.39 bits per heavy atom. The van der Waals surface area contributed by atoms with Gasteiger partial charge in [0.05, 0.1) is 50.2 Å². The zero-order valence-corrected chi connectivity index (χ0v) is 38.6. The largest absolute Gasteiger partial charge is 0.394 e. The Labute approximate surface area is 388 Å². The van der Waals surface area contributed by atoms with Gasteiger partial charge in [0.15, 0.2) is 5.60 Å². The number of amides is 4. The number of aromatic nitrogens is 2. The minimum atomic E-state index is -3.67. The normalized spacial score (nSPS) is 21.2. The van der Waals surface area contributed by atoms with Crippen LogP contribution in [0.25, 0.3) is 21.8 Å². The average Bonchev–Trinajstić information content (AvgIpc) is 4.05. The smallest absolute Gasteiger partial charge is 0.264 e. The molecule has 10 rings (SSSR count). The van der Waals surface area contributed by atoms with Crippen molar-refractivity contribution >= 4 is 70.9 Å². The van der Waals surface area contributed by atoms with E-state index in [1.165, 1.54) is 0 Å². The molecule has 7 aromatic rings. The number of para-hydroxylation sites is 2. The van der Waals surface area contributed by atoms with Crippen LogP contribution in [0.3, 0.4) is 0 Å². The van der Waals surface area contributed by atoms with E-state index in [9.17, 15) is 19.5 Å². The molecule has 0 aliphatic carbocycles. The van der Waals surface area contributed by atoms with Gasteiger partial charge in [0.1, 0.15) is 0 Å². The fourth-order valence-electron chi connectivity index (χ4n) is 11.0. The van der Waals surface area contributed by atoms with E-state index in [0.29, 0.717) is 35.6 Å². The fourth-order valence-corrected chi connectivity index (χ4v) is 13.5. The number of anilines is 3. The van der Waals surface area contributed by atoms with Crippen LogP contribution in [-0.4, -0.2) is 70.8 Å². The lowest BCUT2D eigenvalue weighted by molar-refractivity contribution is -0.151. The maximum atomic E-state index is 16.9. The Balaban J connectivity index is 0.943. The number of halogens is 1. The molecule has 67 heavy (non-hydrogen) atoms. The second-order valence-electron chi connectivity index (χ2n) is 18.8. The van der Waals surface area contributed by atoms with Gasteiger partial charge >= 0.3 is 0 Å². The van der Waals surface area contributed by atoms with Crippen LogP contribution in [0.1, 0.15) is 46.7 Å². The summed E-state index contributed by atoms with van der Waals surface area (Å²) in [7, 11) is -3.67. The van der Waals surface area contributed by atoms with Crippen LogP contribution in [0.15, 0.2) is 128 Å². The number of benzene rings is 5. The molecule has 3 aliphatic heterocycles. The second-order valence-corrected chi connectivity index (χ2v) is 22.6. The van der Waals surface area contributed by atoms with Gasteiger partial charge < -0.3 is 44.4 Å². The van der Waals surface area contributed by atoms with Gasteiger partial charge in [-0.05, 0) is 89.8 Å². The first-order chi connectivity index (χ1) is 32.3. The van der Waals surface area contributed by atoms with Crippen molar-refractivity contribution in [1.82, 2.24) is 14.9 Å². The topological polar surface area (TPSA) is 160 Å². The number of ether oxygens (including phenoxy) is 1. The summed E-state index contributed by atoms with van der Waals surface area (Å²) in [6, 6.07) is 35.6. The summed E-state index contributed by atoms with van der Waals surface area (Å²) in [5.74, 6) is -1.78. The molecule has 1 fully saturated rings. The van der Waals surface area contributed by atoms with Gasteiger partial charge in [0.25, 0.3) is 5.91 Å². The number of H-pyrrole nitrogens is 2. The van der Waals surface area contributed by atoms with E-state index in [-0.39, 0.29) is 56.0 Å². The average molecular weight is 917 g/mol. The summed E-state index contributed by atoms with van der Waals surface area (Å²) >= 11 is 0. The SMILES string of the molecule is C[C@H]1[C@H]([Si](C)(C)F)[C@@H](CC(=O)N2Cc3ccccc3C[C@H]2CO)O[C@]12C(=O)N(Cc1ccc(NC(=O)Cc3c[nH]c4ccccc34)cc1)c1ccc(NC(=O)Cc3c[nH]c4ccccc34)cc12. The summed E-state index contributed by atoms with van der Waals surface area (Å²) in [4.78, 5) is 66.4. The first-order valence-corrected chi connectivity index (χ1v) is 25.8. The molecule has 5 atom stereocenters. The molecular formula is C53H53FN6O6Si. The van der Waals surface area contributed by atoms with E-state index in [0.717, 1.165) is 49.6 Å². The number of hydrogen-bond acceptors (Lipinski definition) is 6. The second kappa shape index (κ2) is 17.4. The summed E-state index contributed by atoms with van der Waals surface area (Å²) < 4.78 is 24.0. The van der Waals surface area contributed by atoms with Crippen molar-refractivity contribution in [1.29, 1.82) is 0 Å². The molecule has 342 valence electrons. The number of hydrogen-bond donors (Lipinski definition) is 5. The third-order valence-corrected chi connectivity index (χ3v) is 16.6. The van der Waals surface area contributed by atoms with Gasteiger partial charge in [0, 0.05) is 69.1 Å². The number of nitrogens with one attached hydrogen (secondary N) is 4. The molecule has 0 radical (unpaired) electrons. The summed E-state index contributed by atoms with van der Waals surface area (Å²) in [5.41, 5.74) is 6.12.